The van der Waals surface area contributed by atoms with Gasteiger partial charge >= 0.3 is 0 Å². The highest BCUT2D eigenvalue weighted by molar-refractivity contribution is 6.43. The van der Waals surface area contributed by atoms with E-state index in [4.69, 9.17) is 39.5 Å². The molecule has 2 aliphatic rings. The van der Waals surface area contributed by atoms with Gasteiger partial charge in [0.25, 0.3) is 5.91 Å². The highest BCUT2D eigenvalue weighted by Crippen LogP contribution is 2.40. The molecule has 2 atom stereocenters. The number of hydrazone groups is 1. The molecular formula is C15H13Cl3N2O2. The number of nitrogens with zero attached hydrogens (tertiary/aromatic N) is 1. The molecule has 0 saturated heterocycles. The molecule has 7 heteroatoms. The van der Waals surface area contributed by atoms with E-state index in [2.05, 4.69) is 22.7 Å². The molecule has 0 bridgehead atoms. The van der Waals surface area contributed by atoms with Crippen molar-refractivity contribution in [3.05, 3.63) is 39.4 Å². The van der Waals surface area contributed by atoms with Crippen LogP contribution in [0, 0.1) is 11.8 Å². The van der Waals surface area contributed by atoms with Gasteiger partial charge in [-0.3, -0.25) is 4.79 Å². The lowest BCUT2D eigenvalue weighted by atomic mass is 9.74. The van der Waals surface area contributed by atoms with Crippen LogP contribution in [-0.4, -0.2) is 18.2 Å². The fraction of sp³-hybridized carbons (Fsp3) is 0.333. The van der Waals surface area contributed by atoms with Crippen LogP contribution < -0.4 is 10.2 Å². The van der Waals surface area contributed by atoms with Crippen molar-refractivity contribution < 1.29 is 9.53 Å². The van der Waals surface area contributed by atoms with Crippen molar-refractivity contribution in [1.29, 1.82) is 0 Å². The minimum Gasteiger partial charge on any atom is -0.482 e. The summed E-state index contributed by atoms with van der Waals surface area (Å²) in [6, 6.07) is 2.95. The zero-order chi connectivity index (χ0) is 15.7. The number of allylic oxidation sites excluding steroid dienone is 2. The van der Waals surface area contributed by atoms with E-state index in [1.165, 1.54) is 12.1 Å². The Bertz CT molecular complexity index is 673. The minimum absolute atomic E-state index is 0.194. The van der Waals surface area contributed by atoms with E-state index in [0.717, 1.165) is 18.6 Å². The van der Waals surface area contributed by atoms with E-state index in [0.29, 0.717) is 32.7 Å². The smallest absolute Gasteiger partial charge is 0.277 e. The number of halogens is 3. The lowest BCUT2D eigenvalue weighted by molar-refractivity contribution is -0.123. The predicted octanol–water partition coefficient (Wildman–Crippen LogP) is 4.09. The number of ether oxygens (including phenoxy) is 1. The highest BCUT2D eigenvalue weighted by atomic mass is 35.5. The van der Waals surface area contributed by atoms with Gasteiger partial charge in [0.15, 0.2) is 6.61 Å². The van der Waals surface area contributed by atoms with Gasteiger partial charge in [0.2, 0.25) is 0 Å². The maximum Gasteiger partial charge on any atom is 0.277 e. The molecule has 3 rings (SSSR count). The quantitative estimate of drug-likeness (QED) is 0.500. The Morgan fingerprint density at radius 1 is 1.27 bits per heavy atom. The molecule has 1 amide bonds. The molecule has 1 saturated carbocycles. The molecule has 1 aromatic rings. The standard InChI is InChI=1S/C15H13Cl3N2O2/c16-10-5-12(18)14(6-11(10)17)22-7-15(21)20-19-13-4-8-2-1-3-9(8)13/h1-2,5-6,8-9H,3-4,7H2,(H,20,21)/b19-13-. The molecule has 0 spiro atoms. The number of rotatable bonds is 4. The maximum absolute atomic E-state index is 11.8. The van der Waals surface area contributed by atoms with Crippen molar-refractivity contribution in [3.63, 3.8) is 0 Å². The zero-order valence-electron chi connectivity index (χ0n) is 11.5. The van der Waals surface area contributed by atoms with E-state index in [-0.39, 0.29) is 12.5 Å². The van der Waals surface area contributed by atoms with Crippen LogP contribution in [0.5, 0.6) is 5.75 Å². The lowest BCUT2D eigenvalue weighted by Gasteiger charge is -2.31. The number of benzene rings is 1. The number of nitrogens with one attached hydrogen (secondary N) is 1. The van der Waals surface area contributed by atoms with E-state index >= 15 is 0 Å². The van der Waals surface area contributed by atoms with Gasteiger partial charge in [0.1, 0.15) is 5.75 Å². The van der Waals surface area contributed by atoms with Crippen LogP contribution in [0.2, 0.25) is 15.1 Å². The third kappa shape index (κ3) is 3.24. The van der Waals surface area contributed by atoms with Gasteiger partial charge in [-0.05, 0) is 24.8 Å². The zero-order valence-corrected chi connectivity index (χ0v) is 13.8. The number of fused-ring (bicyclic) bond motifs is 1. The summed E-state index contributed by atoms with van der Waals surface area (Å²) in [4.78, 5) is 11.8. The lowest BCUT2D eigenvalue weighted by Crippen LogP contribution is -2.36. The van der Waals surface area contributed by atoms with Gasteiger partial charge in [-0.25, -0.2) is 5.43 Å². The second kappa shape index (κ2) is 6.49. The third-order valence-corrected chi connectivity index (χ3v) is 4.84. The first-order valence-electron chi connectivity index (χ1n) is 6.84. The van der Waals surface area contributed by atoms with Crippen molar-refractivity contribution in [2.75, 3.05) is 6.61 Å². The molecule has 22 heavy (non-hydrogen) atoms. The van der Waals surface area contributed by atoms with Crippen molar-refractivity contribution in [1.82, 2.24) is 5.43 Å². The van der Waals surface area contributed by atoms with E-state index in [1.54, 1.807) is 0 Å². The molecule has 2 aliphatic carbocycles. The first-order valence-corrected chi connectivity index (χ1v) is 7.97. The number of hydrogen-bond acceptors (Lipinski definition) is 3. The SMILES string of the molecule is O=C(COc1cc(Cl)c(Cl)cc1Cl)N/N=C1/CC2C=CCC12. The summed E-state index contributed by atoms with van der Waals surface area (Å²) in [5, 5.41) is 5.10. The van der Waals surface area contributed by atoms with Gasteiger partial charge in [-0.2, -0.15) is 5.10 Å². The van der Waals surface area contributed by atoms with Crippen LogP contribution in [0.25, 0.3) is 0 Å². The van der Waals surface area contributed by atoms with Gasteiger partial charge in [0.05, 0.1) is 15.1 Å². The average molecular weight is 360 g/mol. The van der Waals surface area contributed by atoms with Crippen LogP contribution >= 0.6 is 34.8 Å². The van der Waals surface area contributed by atoms with Crippen LogP contribution in [0.1, 0.15) is 12.8 Å². The summed E-state index contributed by atoms with van der Waals surface area (Å²) in [7, 11) is 0. The van der Waals surface area contributed by atoms with Gasteiger partial charge in [-0.15, -0.1) is 0 Å². The molecule has 1 N–H and O–H groups in total. The molecule has 2 unspecified atom stereocenters. The molecular weight excluding hydrogens is 347 g/mol. The van der Waals surface area contributed by atoms with Crippen molar-refractivity contribution in [3.8, 4) is 5.75 Å². The van der Waals surface area contributed by atoms with Gasteiger partial charge < -0.3 is 4.74 Å². The van der Waals surface area contributed by atoms with Crippen LogP contribution in [0.3, 0.4) is 0 Å². The number of carbonyl (C=O) groups is 1. The fourth-order valence-corrected chi connectivity index (χ4v) is 3.18. The van der Waals surface area contributed by atoms with E-state index in [1.807, 2.05) is 0 Å². The van der Waals surface area contributed by atoms with Gasteiger partial charge in [-0.1, -0.05) is 47.0 Å². The largest absolute Gasteiger partial charge is 0.482 e. The second-order valence-corrected chi connectivity index (χ2v) is 6.48. The van der Waals surface area contributed by atoms with Crippen molar-refractivity contribution >= 4 is 46.4 Å². The average Bonchev–Trinajstić information content (AvgIpc) is 2.83. The van der Waals surface area contributed by atoms with Crippen LogP contribution in [0.4, 0.5) is 0 Å². The number of amides is 1. The maximum atomic E-state index is 11.8. The molecule has 0 aromatic heterocycles. The molecule has 1 fully saturated rings. The summed E-state index contributed by atoms with van der Waals surface area (Å²) in [5.41, 5.74) is 3.54. The topological polar surface area (TPSA) is 50.7 Å². The predicted molar refractivity (Wildman–Crippen MR) is 87.9 cm³/mol. The van der Waals surface area contributed by atoms with Crippen molar-refractivity contribution in [2.45, 2.75) is 12.8 Å². The summed E-state index contributed by atoms with van der Waals surface area (Å²) in [6.45, 7) is -0.194. The Balaban J connectivity index is 1.51. The molecule has 116 valence electrons. The summed E-state index contributed by atoms with van der Waals surface area (Å²) < 4.78 is 5.34. The summed E-state index contributed by atoms with van der Waals surface area (Å²) >= 11 is 17.7. The highest BCUT2D eigenvalue weighted by Gasteiger charge is 2.37. The molecule has 1 aromatic carbocycles. The molecule has 0 heterocycles. The van der Waals surface area contributed by atoms with E-state index in [9.17, 15) is 4.79 Å². The van der Waals surface area contributed by atoms with Gasteiger partial charge in [0, 0.05) is 17.7 Å². The monoisotopic (exact) mass is 358 g/mol. The van der Waals surface area contributed by atoms with E-state index < -0.39 is 0 Å². The Morgan fingerprint density at radius 2 is 2.05 bits per heavy atom. The second-order valence-electron chi connectivity index (χ2n) is 5.26. The molecule has 0 aliphatic heterocycles. The third-order valence-electron chi connectivity index (χ3n) is 3.82. The van der Waals surface area contributed by atoms with Crippen molar-refractivity contribution in [2.24, 2.45) is 16.9 Å². The summed E-state index contributed by atoms with van der Waals surface area (Å²) in [5.74, 6) is 1.03. The normalized spacial score (nSPS) is 24.0. The summed E-state index contributed by atoms with van der Waals surface area (Å²) in [6.07, 6.45) is 6.30. The minimum atomic E-state index is -0.343. The Kier molecular flexibility index (Phi) is 4.62. The first kappa shape index (κ1) is 15.7. The number of carbonyl (C=O) groups excluding carboxylic acids is 1. The number of hydrogen-bond donors (Lipinski definition) is 1. The Hall–Kier alpha value is -1.23. The first-order chi connectivity index (χ1) is 10.5. The Labute approximate surface area is 143 Å². The Morgan fingerprint density at radius 3 is 2.82 bits per heavy atom. The fourth-order valence-electron chi connectivity index (χ4n) is 2.59. The molecule has 4 nitrogen and oxygen atoms in total. The molecule has 0 radical (unpaired) electrons. The van der Waals surface area contributed by atoms with Crippen LogP contribution in [-0.2, 0) is 4.79 Å². The van der Waals surface area contributed by atoms with Crippen LogP contribution in [0.15, 0.2) is 29.4 Å².